The Bertz CT molecular complexity index is 259. The minimum absolute atomic E-state index is 0. The Morgan fingerprint density at radius 2 is 1.00 bits per heavy atom. The Hall–Kier alpha value is 1.11. The molecule has 0 amide bonds. The van der Waals surface area contributed by atoms with Crippen molar-refractivity contribution in [1.82, 2.24) is 0 Å². The summed E-state index contributed by atoms with van der Waals surface area (Å²) in [4.78, 5) is 17.0. The zero-order valence-electron chi connectivity index (χ0n) is 13.8. The molecule has 22 heavy (non-hydrogen) atoms. The summed E-state index contributed by atoms with van der Waals surface area (Å²) in [6.45, 7) is 2.42. The maximum atomic E-state index is 10.4. The van der Waals surface area contributed by atoms with Gasteiger partial charge in [-0.25, -0.2) is 4.57 Å². The van der Waals surface area contributed by atoms with Gasteiger partial charge >= 0.3 is 37.4 Å². The van der Waals surface area contributed by atoms with Gasteiger partial charge in [0.15, 0.2) is 0 Å². The SMILES string of the molecule is CCCCCCCCCCCCCCCCOP(=O)(O)O.[NaH]. The van der Waals surface area contributed by atoms with E-state index in [2.05, 4.69) is 11.4 Å². The van der Waals surface area contributed by atoms with Crippen molar-refractivity contribution in [3.05, 3.63) is 0 Å². The van der Waals surface area contributed by atoms with E-state index in [-0.39, 0.29) is 36.2 Å². The van der Waals surface area contributed by atoms with Gasteiger partial charge in [0, 0.05) is 0 Å². The fraction of sp³-hybridized carbons (Fsp3) is 1.00. The van der Waals surface area contributed by atoms with Crippen LogP contribution in [0.1, 0.15) is 96.8 Å². The van der Waals surface area contributed by atoms with E-state index < -0.39 is 7.82 Å². The average molecular weight is 346 g/mol. The Balaban J connectivity index is 0. The van der Waals surface area contributed by atoms with E-state index in [1.165, 1.54) is 70.6 Å². The molecule has 4 nitrogen and oxygen atoms in total. The van der Waals surface area contributed by atoms with Crippen molar-refractivity contribution in [2.75, 3.05) is 6.61 Å². The summed E-state index contributed by atoms with van der Waals surface area (Å²) < 4.78 is 14.8. The van der Waals surface area contributed by atoms with Crippen LogP contribution in [0, 0.1) is 0 Å². The number of rotatable bonds is 16. The third-order valence-electron chi connectivity index (χ3n) is 3.76. The average Bonchev–Trinajstić information content (AvgIpc) is 2.42. The van der Waals surface area contributed by atoms with Gasteiger partial charge in [-0.2, -0.15) is 0 Å². The second-order valence-electron chi connectivity index (χ2n) is 5.92. The first-order chi connectivity index (χ1) is 10.1. The zero-order chi connectivity index (χ0) is 15.8. The van der Waals surface area contributed by atoms with Crippen LogP contribution in [-0.2, 0) is 9.09 Å². The first-order valence-corrected chi connectivity index (χ1v) is 10.3. The van der Waals surface area contributed by atoms with Gasteiger partial charge in [-0.3, -0.25) is 4.52 Å². The fourth-order valence-electron chi connectivity index (χ4n) is 2.48. The van der Waals surface area contributed by atoms with Crippen molar-refractivity contribution >= 4 is 37.4 Å². The van der Waals surface area contributed by atoms with Crippen LogP contribution in [-0.4, -0.2) is 46.0 Å². The Labute approximate surface area is 159 Å². The molecule has 0 fully saturated rings. The summed E-state index contributed by atoms with van der Waals surface area (Å²) in [5.74, 6) is 0. The summed E-state index contributed by atoms with van der Waals surface area (Å²) in [5.41, 5.74) is 0. The molecule has 6 heteroatoms. The van der Waals surface area contributed by atoms with Crippen molar-refractivity contribution < 1.29 is 18.9 Å². The predicted molar refractivity (Wildman–Crippen MR) is 95.5 cm³/mol. The molecule has 0 aliphatic carbocycles. The quantitative estimate of drug-likeness (QED) is 0.236. The molecule has 0 rings (SSSR count). The summed E-state index contributed by atoms with van der Waals surface area (Å²) >= 11 is 0. The summed E-state index contributed by atoms with van der Waals surface area (Å²) in [6.07, 6.45) is 17.8. The van der Waals surface area contributed by atoms with E-state index >= 15 is 0 Å². The number of unbranched alkanes of at least 4 members (excludes halogenated alkanes) is 13. The van der Waals surface area contributed by atoms with Crippen LogP contribution >= 0.6 is 7.82 Å². The molecule has 0 aliphatic rings. The van der Waals surface area contributed by atoms with Gasteiger partial charge in [0.1, 0.15) is 0 Å². The fourth-order valence-corrected chi connectivity index (χ4v) is 2.85. The van der Waals surface area contributed by atoms with Gasteiger partial charge < -0.3 is 9.79 Å². The van der Waals surface area contributed by atoms with Crippen molar-refractivity contribution in [2.24, 2.45) is 0 Å². The third kappa shape index (κ3) is 23.4. The van der Waals surface area contributed by atoms with E-state index in [4.69, 9.17) is 9.79 Å². The molecule has 0 saturated heterocycles. The maximum absolute atomic E-state index is 10.4. The van der Waals surface area contributed by atoms with Gasteiger partial charge in [0.25, 0.3) is 0 Å². The number of phosphoric acid groups is 1. The van der Waals surface area contributed by atoms with Crippen molar-refractivity contribution in [1.29, 1.82) is 0 Å². The predicted octanol–water partition coefficient (Wildman–Crippen LogP) is 4.93. The summed E-state index contributed by atoms with van der Waals surface area (Å²) in [5, 5.41) is 0. The van der Waals surface area contributed by atoms with E-state index in [9.17, 15) is 4.57 Å². The molecule has 0 aromatic rings. The van der Waals surface area contributed by atoms with E-state index in [0.29, 0.717) is 0 Å². The van der Waals surface area contributed by atoms with E-state index in [1.807, 2.05) is 0 Å². The number of phosphoric ester groups is 1. The molecule has 0 aromatic heterocycles. The van der Waals surface area contributed by atoms with Crippen LogP contribution < -0.4 is 0 Å². The molecule has 2 N–H and O–H groups in total. The van der Waals surface area contributed by atoms with Gasteiger partial charge in [0.2, 0.25) is 0 Å². The van der Waals surface area contributed by atoms with Crippen LogP contribution in [0.15, 0.2) is 0 Å². The van der Waals surface area contributed by atoms with Crippen molar-refractivity contribution in [3.63, 3.8) is 0 Å². The molecule has 0 radical (unpaired) electrons. The molecule has 0 atom stereocenters. The number of hydrogen-bond donors (Lipinski definition) is 2. The molecule has 0 aromatic carbocycles. The van der Waals surface area contributed by atoms with Gasteiger partial charge in [0.05, 0.1) is 6.61 Å². The number of hydrogen-bond acceptors (Lipinski definition) is 2. The molecule has 130 valence electrons. The van der Waals surface area contributed by atoms with Gasteiger partial charge in [-0.05, 0) is 6.42 Å². The molecule has 0 bridgehead atoms. The van der Waals surface area contributed by atoms with Crippen molar-refractivity contribution in [2.45, 2.75) is 96.8 Å². The van der Waals surface area contributed by atoms with Gasteiger partial charge in [-0.15, -0.1) is 0 Å². The standard InChI is InChI=1S/C16H35O4P.Na.H/c1-2-3-4-5-6-7-8-9-10-11-12-13-14-15-16-20-21(17,18)19;;/h2-16H2,1H3,(H2,17,18,19);;. The Morgan fingerprint density at radius 1 is 0.682 bits per heavy atom. The normalized spacial score (nSPS) is 11.4. The van der Waals surface area contributed by atoms with Crippen LogP contribution in [0.5, 0.6) is 0 Å². The minimum atomic E-state index is -4.25. The third-order valence-corrected chi connectivity index (χ3v) is 4.28. The Morgan fingerprint density at radius 3 is 1.32 bits per heavy atom. The van der Waals surface area contributed by atoms with Crippen molar-refractivity contribution in [3.8, 4) is 0 Å². The molecule has 0 saturated carbocycles. The summed E-state index contributed by atoms with van der Waals surface area (Å²) in [7, 11) is -4.25. The van der Waals surface area contributed by atoms with Gasteiger partial charge in [-0.1, -0.05) is 90.4 Å². The molecular weight excluding hydrogens is 310 g/mol. The van der Waals surface area contributed by atoms with Crippen LogP contribution in [0.4, 0.5) is 0 Å². The monoisotopic (exact) mass is 346 g/mol. The second-order valence-corrected chi connectivity index (χ2v) is 7.16. The molecule has 0 unspecified atom stereocenters. The first kappa shape index (κ1) is 25.4. The molecular formula is C16H36NaO4P. The molecule has 0 heterocycles. The Kier molecular flexibility index (Phi) is 21.3. The van der Waals surface area contributed by atoms with E-state index in [1.54, 1.807) is 0 Å². The van der Waals surface area contributed by atoms with Crippen LogP contribution in [0.3, 0.4) is 0 Å². The zero-order valence-corrected chi connectivity index (χ0v) is 14.7. The molecule has 0 spiro atoms. The first-order valence-electron chi connectivity index (χ1n) is 8.76. The summed E-state index contributed by atoms with van der Waals surface area (Å²) in [6, 6.07) is 0. The van der Waals surface area contributed by atoms with E-state index in [0.717, 1.165) is 19.3 Å². The second kappa shape index (κ2) is 18.4. The topological polar surface area (TPSA) is 66.8 Å². The van der Waals surface area contributed by atoms with Crippen LogP contribution in [0.2, 0.25) is 0 Å². The van der Waals surface area contributed by atoms with Crippen LogP contribution in [0.25, 0.3) is 0 Å². The molecule has 0 aliphatic heterocycles.